The van der Waals surface area contributed by atoms with Crippen molar-refractivity contribution in [1.82, 2.24) is 15.5 Å². The lowest BCUT2D eigenvalue weighted by molar-refractivity contribution is -0.119. The number of nitrogens with one attached hydrogen (secondary N) is 1. The summed E-state index contributed by atoms with van der Waals surface area (Å²) in [4.78, 5) is 11.8. The second-order valence-corrected chi connectivity index (χ2v) is 6.39. The summed E-state index contributed by atoms with van der Waals surface area (Å²) >= 11 is 1.22. The third-order valence-corrected chi connectivity index (χ3v) is 3.84. The Labute approximate surface area is 140 Å². The van der Waals surface area contributed by atoms with Crippen LogP contribution < -0.4 is 5.32 Å². The Morgan fingerprint density at radius 1 is 1.30 bits per heavy atom. The molecule has 23 heavy (non-hydrogen) atoms. The molecule has 2 rings (SSSR count). The highest BCUT2D eigenvalue weighted by Crippen LogP contribution is 2.24. The van der Waals surface area contributed by atoms with Crippen LogP contribution in [0.15, 0.2) is 27.8 Å². The molecule has 0 saturated carbocycles. The van der Waals surface area contributed by atoms with Gasteiger partial charge in [0.15, 0.2) is 0 Å². The highest BCUT2D eigenvalue weighted by atomic mass is 32.2. The van der Waals surface area contributed by atoms with Gasteiger partial charge in [0.1, 0.15) is 0 Å². The van der Waals surface area contributed by atoms with Gasteiger partial charge in [-0.05, 0) is 32.9 Å². The number of carbonyl (C=O) groups is 1. The van der Waals surface area contributed by atoms with E-state index >= 15 is 0 Å². The summed E-state index contributed by atoms with van der Waals surface area (Å²) in [5.74, 6) is 0.598. The Balaban J connectivity index is 1.93. The standard InChI is InChI=1S/C16H21N3O3S/c1-10-5-11(2)7-13(6-10)15-18-19-16(22-15)23-9-14(20)17-12(3)8-21-4/h5-7,12H,8-9H2,1-4H3,(H,17,20)/t12-/m1/s1. The molecule has 124 valence electrons. The van der Waals surface area contributed by atoms with Gasteiger partial charge in [0, 0.05) is 18.7 Å². The summed E-state index contributed by atoms with van der Waals surface area (Å²) < 4.78 is 10.6. The fourth-order valence-electron chi connectivity index (χ4n) is 2.22. The maximum absolute atomic E-state index is 11.8. The Hall–Kier alpha value is -1.86. The minimum atomic E-state index is -0.0919. The Morgan fingerprint density at radius 2 is 2.00 bits per heavy atom. The number of carbonyl (C=O) groups excluding carboxylic acids is 1. The van der Waals surface area contributed by atoms with Crippen molar-refractivity contribution in [3.8, 4) is 11.5 Å². The number of hydrogen-bond acceptors (Lipinski definition) is 6. The van der Waals surface area contributed by atoms with E-state index in [1.54, 1.807) is 7.11 Å². The van der Waals surface area contributed by atoms with Crippen LogP contribution in [0.25, 0.3) is 11.5 Å². The van der Waals surface area contributed by atoms with Crippen molar-refractivity contribution in [3.05, 3.63) is 29.3 Å². The number of ether oxygens (including phenoxy) is 1. The van der Waals surface area contributed by atoms with Crippen molar-refractivity contribution in [2.24, 2.45) is 0 Å². The minimum absolute atomic E-state index is 0.0263. The van der Waals surface area contributed by atoms with Gasteiger partial charge in [0.25, 0.3) is 5.22 Å². The highest BCUT2D eigenvalue weighted by Gasteiger charge is 2.13. The number of methoxy groups -OCH3 is 1. The number of benzene rings is 1. The SMILES string of the molecule is COC[C@@H](C)NC(=O)CSc1nnc(-c2cc(C)cc(C)c2)o1. The molecular formula is C16H21N3O3S. The van der Waals surface area contributed by atoms with Gasteiger partial charge < -0.3 is 14.5 Å². The van der Waals surface area contributed by atoms with Crippen LogP contribution >= 0.6 is 11.8 Å². The zero-order valence-corrected chi connectivity index (χ0v) is 14.6. The largest absolute Gasteiger partial charge is 0.411 e. The molecule has 1 amide bonds. The minimum Gasteiger partial charge on any atom is -0.411 e. The highest BCUT2D eigenvalue weighted by molar-refractivity contribution is 7.99. The number of rotatable bonds is 7. The second-order valence-electron chi connectivity index (χ2n) is 5.46. The molecule has 0 aliphatic rings. The topological polar surface area (TPSA) is 77.2 Å². The van der Waals surface area contributed by atoms with E-state index < -0.39 is 0 Å². The lowest BCUT2D eigenvalue weighted by Gasteiger charge is -2.11. The summed E-state index contributed by atoms with van der Waals surface area (Å²) in [5.41, 5.74) is 3.16. The molecule has 0 spiro atoms. The number of aromatic nitrogens is 2. The molecule has 0 saturated heterocycles. The summed E-state index contributed by atoms with van der Waals surface area (Å²) in [6, 6.07) is 6.05. The van der Waals surface area contributed by atoms with Gasteiger partial charge in [-0.25, -0.2) is 0 Å². The average molecular weight is 335 g/mol. The monoisotopic (exact) mass is 335 g/mol. The molecule has 0 aliphatic carbocycles. The normalized spacial score (nSPS) is 12.2. The van der Waals surface area contributed by atoms with Crippen molar-refractivity contribution >= 4 is 17.7 Å². The third-order valence-electron chi connectivity index (χ3n) is 3.03. The van der Waals surface area contributed by atoms with Gasteiger partial charge in [0.05, 0.1) is 12.4 Å². The van der Waals surface area contributed by atoms with Gasteiger partial charge in [-0.15, -0.1) is 10.2 Å². The Bertz CT molecular complexity index is 652. The zero-order chi connectivity index (χ0) is 16.8. The molecule has 1 aromatic carbocycles. The Morgan fingerprint density at radius 3 is 2.65 bits per heavy atom. The molecule has 0 unspecified atom stereocenters. The summed E-state index contributed by atoms with van der Waals surface area (Å²) in [6.07, 6.45) is 0. The van der Waals surface area contributed by atoms with Crippen molar-refractivity contribution in [2.75, 3.05) is 19.5 Å². The molecular weight excluding hydrogens is 314 g/mol. The van der Waals surface area contributed by atoms with Crippen LogP contribution in [0.2, 0.25) is 0 Å². The first-order valence-corrected chi connectivity index (χ1v) is 8.29. The quantitative estimate of drug-likeness (QED) is 0.784. The first-order chi connectivity index (χ1) is 11.0. The summed E-state index contributed by atoms with van der Waals surface area (Å²) in [7, 11) is 1.60. The number of hydrogen-bond donors (Lipinski definition) is 1. The zero-order valence-electron chi connectivity index (χ0n) is 13.8. The van der Waals surface area contributed by atoms with Crippen molar-refractivity contribution in [3.63, 3.8) is 0 Å². The van der Waals surface area contributed by atoms with E-state index in [9.17, 15) is 4.79 Å². The molecule has 0 fully saturated rings. The van der Waals surface area contributed by atoms with E-state index in [1.807, 2.05) is 32.9 Å². The maximum atomic E-state index is 11.8. The molecule has 0 bridgehead atoms. The smallest absolute Gasteiger partial charge is 0.277 e. The maximum Gasteiger partial charge on any atom is 0.277 e. The average Bonchev–Trinajstić information content (AvgIpc) is 2.93. The van der Waals surface area contributed by atoms with Crippen LogP contribution in [0.3, 0.4) is 0 Å². The molecule has 0 aliphatic heterocycles. The number of nitrogens with zero attached hydrogens (tertiary/aromatic N) is 2. The van der Waals surface area contributed by atoms with Crippen LogP contribution in [-0.4, -0.2) is 41.6 Å². The third kappa shape index (κ3) is 5.37. The van der Waals surface area contributed by atoms with Crippen molar-refractivity contribution < 1.29 is 13.9 Å². The number of amides is 1. The molecule has 6 nitrogen and oxygen atoms in total. The van der Waals surface area contributed by atoms with Crippen LogP contribution in [0.1, 0.15) is 18.1 Å². The van der Waals surface area contributed by atoms with E-state index in [-0.39, 0.29) is 17.7 Å². The second kappa shape index (κ2) is 8.12. The van der Waals surface area contributed by atoms with Crippen molar-refractivity contribution in [2.45, 2.75) is 32.0 Å². The van der Waals surface area contributed by atoms with Crippen molar-refractivity contribution in [1.29, 1.82) is 0 Å². The molecule has 0 radical (unpaired) electrons. The van der Waals surface area contributed by atoms with E-state index in [2.05, 4.69) is 21.6 Å². The first-order valence-electron chi connectivity index (χ1n) is 7.31. The molecule has 1 N–H and O–H groups in total. The first kappa shape index (κ1) is 17.5. The van der Waals surface area contributed by atoms with Gasteiger partial charge >= 0.3 is 0 Å². The van der Waals surface area contributed by atoms with E-state index in [4.69, 9.17) is 9.15 Å². The summed E-state index contributed by atoms with van der Waals surface area (Å²) in [6.45, 7) is 6.41. The van der Waals surface area contributed by atoms with Gasteiger partial charge in [0.2, 0.25) is 11.8 Å². The number of aryl methyl sites for hydroxylation is 2. The van der Waals surface area contributed by atoms with E-state index in [1.165, 1.54) is 11.8 Å². The molecule has 7 heteroatoms. The Kier molecular flexibility index (Phi) is 6.18. The van der Waals surface area contributed by atoms with E-state index in [0.29, 0.717) is 17.7 Å². The fourth-order valence-corrected chi connectivity index (χ4v) is 2.79. The van der Waals surface area contributed by atoms with Gasteiger partial charge in [-0.1, -0.05) is 29.0 Å². The molecule has 2 aromatic rings. The van der Waals surface area contributed by atoms with Crippen LogP contribution in [0.4, 0.5) is 0 Å². The lowest BCUT2D eigenvalue weighted by Crippen LogP contribution is -2.36. The van der Waals surface area contributed by atoms with Crippen LogP contribution in [0, 0.1) is 13.8 Å². The van der Waals surface area contributed by atoms with Crippen LogP contribution in [-0.2, 0) is 9.53 Å². The number of thioether (sulfide) groups is 1. The van der Waals surface area contributed by atoms with Crippen LogP contribution in [0.5, 0.6) is 0 Å². The molecule has 1 atom stereocenters. The predicted molar refractivity (Wildman–Crippen MR) is 89.4 cm³/mol. The summed E-state index contributed by atoms with van der Waals surface area (Å²) in [5, 5.41) is 11.2. The lowest BCUT2D eigenvalue weighted by atomic mass is 10.1. The fraction of sp³-hybridized carbons (Fsp3) is 0.438. The van der Waals surface area contributed by atoms with Gasteiger partial charge in [-0.2, -0.15) is 0 Å². The predicted octanol–water partition coefficient (Wildman–Crippen LogP) is 2.60. The molecule has 1 aromatic heterocycles. The van der Waals surface area contributed by atoms with E-state index in [0.717, 1.165) is 16.7 Å². The molecule has 1 heterocycles. The van der Waals surface area contributed by atoms with Gasteiger partial charge in [-0.3, -0.25) is 4.79 Å².